The standard InChI is InChI=1S/C10H18N2O2S/c1-8-4-5-9(2)12(7-8)15(13,14)10(3)6-11/h8-10H,4-5,7H2,1-3H3. The summed E-state index contributed by atoms with van der Waals surface area (Å²) < 4.78 is 25.4. The second-order valence-electron chi connectivity index (χ2n) is 4.42. The molecule has 0 amide bonds. The zero-order valence-electron chi connectivity index (χ0n) is 9.47. The molecule has 1 rings (SSSR count). The van der Waals surface area contributed by atoms with E-state index in [0.29, 0.717) is 12.5 Å². The van der Waals surface area contributed by atoms with Crippen molar-refractivity contribution in [1.29, 1.82) is 5.26 Å². The number of nitriles is 1. The molecule has 0 spiro atoms. The Morgan fingerprint density at radius 1 is 1.40 bits per heavy atom. The van der Waals surface area contributed by atoms with E-state index in [2.05, 4.69) is 0 Å². The number of hydrogen-bond acceptors (Lipinski definition) is 3. The van der Waals surface area contributed by atoms with Gasteiger partial charge >= 0.3 is 0 Å². The Bertz CT molecular complexity index is 358. The van der Waals surface area contributed by atoms with Crippen LogP contribution in [0.5, 0.6) is 0 Å². The average Bonchev–Trinajstić information content (AvgIpc) is 2.20. The van der Waals surface area contributed by atoms with Crippen molar-refractivity contribution in [1.82, 2.24) is 4.31 Å². The zero-order chi connectivity index (χ0) is 11.6. The molecule has 0 aliphatic carbocycles. The molecule has 5 heteroatoms. The van der Waals surface area contributed by atoms with Gasteiger partial charge in [-0.2, -0.15) is 9.57 Å². The molecule has 3 unspecified atom stereocenters. The van der Waals surface area contributed by atoms with Crippen LogP contribution in [-0.4, -0.2) is 30.6 Å². The minimum atomic E-state index is -3.42. The lowest BCUT2D eigenvalue weighted by Crippen LogP contribution is -2.47. The molecule has 0 saturated carbocycles. The van der Waals surface area contributed by atoms with Crippen LogP contribution in [0.3, 0.4) is 0 Å². The molecule has 1 fully saturated rings. The Labute approximate surface area is 91.9 Å². The quantitative estimate of drug-likeness (QED) is 0.719. The van der Waals surface area contributed by atoms with Crippen LogP contribution >= 0.6 is 0 Å². The van der Waals surface area contributed by atoms with Crippen LogP contribution in [-0.2, 0) is 10.0 Å². The highest BCUT2D eigenvalue weighted by Gasteiger charge is 2.35. The normalized spacial score (nSPS) is 30.8. The number of piperidine rings is 1. The molecule has 0 aromatic heterocycles. The van der Waals surface area contributed by atoms with Crippen molar-refractivity contribution >= 4 is 10.0 Å². The van der Waals surface area contributed by atoms with Crippen molar-refractivity contribution < 1.29 is 8.42 Å². The van der Waals surface area contributed by atoms with Crippen LogP contribution in [0.4, 0.5) is 0 Å². The summed E-state index contributed by atoms with van der Waals surface area (Å²) in [5.74, 6) is 0.391. The first-order valence-corrected chi connectivity index (χ1v) is 6.80. The van der Waals surface area contributed by atoms with Gasteiger partial charge in [-0.25, -0.2) is 8.42 Å². The third-order valence-corrected chi connectivity index (χ3v) is 5.18. The zero-order valence-corrected chi connectivity index (χ0v) is 10.3. The molecular weight excluding hydrogens is 212 g/mol. The van der Waals surface area contributed by atoms with Crippen LogP contribution in [0.2, 0.25) is 0 Å². The molecule has 1 heterocycles. The van der Waals surface area contributed by atoms with Crippen molar-refractivity contribution in [2.45, 2.75) is 44.9 Å². The Morgan fingerprint density at radius 3 is 2.53 bits per heavy atom. The van der Waals surface area contributed by atoms with Crippen molar-refractivity contribution in [3.05, 3.63) is 0 Å². The van der Waals surface area contributed by atoms with E-state index in [9.17, 15) is 8.42 Å². The molecule has 0 aromatic carbocycles. The second-order valence-corrected chi connectivity index (χ2v) is 6.62. The Balaban J connectivity index is 2.91. The van der Waals surface area contributed by atoms with E-state index < -0.39 is 15.3 Å². The molecule has 0 bridgehead atoms. The van der Waals surface area contributed by atoms with E-state index in [0.717, 1.165) is 12.8 Å². The summed E-state index contributed by atoms with van der Waals surface area (Å²) in [6.45, 7) is 5.95. The maximum Gasteiger partial charge on any atom is 0.230 e. The van der Waals surface area contributed by atoms with Gasteiger partial charge in [0.1, 0.15) is 0 Å². The van der Waals surface area contributed by atoms with Gasteiger partial charge in [-0.1, -0.05) is 6.92 Å². The molecule has 86 valence electrons. The molecule has 4 nitrogen and oxygen atoms in total. The minimum absolute atomic E-state index is 0.0296. The highest BCUT2D eigenvalue weighted by atomic mass is 32.2. The van der Waals surface area contributed by atoms with Gasteiger partial charge in [0, 0.05) is 12.6 Å². The predicted molar refractivity (Wildman–Crippen MR) is 58.6 cm³/mol. The lowest BCUT2D eigenvalue weighted by Gasteiger charge is -2.36. The number of rotatable bonds is 2. The first kappa shape index (κ1) is 12.5. The van der Waals surface area contributed by atoms with Crippen LogP contribution in [0.1, 0.15) is 33.6 Å². The molecular formula is C10H18N2O2S. The van der Waals surface area contributed by atoms with Gasteiger partial charge in [-0.3, -0.25) is 0 Å². The lowest BCUT2D eigenvalue weighted by atomic mass is 9.97. The molecule has 3 atom stereocenters. The first-order chi connectivity index (χ1) is 6.89. The van der Waals surface area contributed by atoms with Crippen LogP contribution < -0.4 is 0 Å². The monoisotopic (exact) mass is 230 g/mol. The van der Waals surface area contributed by atoms with Gasteiger partial charge in [0.2, 0.25) is 10.0 Å². The van der Waals surface area contributed by atoms with Gasteiger partial charge in [-0.05, 0) is 32.6 Å². The van der Waals surface area contributed by atoms with E-state index in [4.69, 9.17) is 5.26 Å². The van der Waals surface area contributed by atoms with Crippen molar-refractivity contribution in [2.24, 2.45) is 5.92 Å². The minimum Gasteiger partial charge on any atom is -0.211 e. The van der Waals surface area contributed by atoms with Crippen molar-refractivity contribution in [3.8, 4) is 6.07 Å². The van der Waals surface area contributed by atoms with E-state index in [1.54, 1.807) is 0 Å². The number of hydrogen-bond donors (Lipinski definition) is 0. The first-order valence-electron chi connectivity index (χ1n) is 5.30. The van der Waals surface area contributed by atoms with Gasteiger partial charge in [0.05, 0.1) is 6.07 Å². The number of nitrogens with zero attached hydrogens (tertiary/aromatic N) is 2. The molecule has 0 aromatic rings. The summed E-state index contributed by atoms with van der Waals surface area (Å²) in [4.78, 5) is 0. The van der Waals surface area contributed by atoms with Crippen LogP contribution in [0.15, 0.2) is 0 Å². The molecule has 0 N–H and O–H groups in total. The Morgan fingerprint density at radius 2 is 2.00 bits per heavy atom. The topological polar surface area (TPSA) is 61.2 Å². The van der Waals surface area contributed by atoms with Gasteiger partial charge in [0.25, 0.3) is 0 Å². The highest BCUT2D eigenvalue weighted by Crippen LogP contribution is 2.25. The maximum atomic E-state index is 12.0. The summed E-state index contributed by atoms with van der Waals surface area (Å²) in [6.07, 6.45) is 1.95. The lowest BCUT2D eigenvalue weighted by molar-refractivity contribution is 0.217. The van der Waals surface area contributed by atoms with E-state index in [1.165, 1.54) is 11.2 Å². The molecule has 0 radical (unpaired) electrons. The smallest absolute Gasteiger partial charge is 0.211 e. The predicted octanol–water partition coefficient (Wildman–Crippen LogP) is 1.35. The summed E-state index contributed by atoms with van der Waals surface area (Å²) >= 11 is 0. The fourth-order valence-electron chi connectivity index (χ4n) is 1.87. The van der Waals surface area contributed by atoms with Crippen LogP contribution in [0.25, 0.3) is 0 Å². The van der Waals surface area contributed by atoms with Gasteiger partial charge in [-0.15, -0.1) is 0 Å². The number of sulfonamides is 1. The Kier molecular flexibility index (Phi) is 3.74. The average molecular weight is 230 g/mol. The van der Waals surface area contributed by atoms with Crippen LogP contribution in [0, 0.1) is 17.2 Å². The maximum absolute atomic E-state index is 12.0. The van der Waals surface area contributed by atoms with Gasteiger partial charge < -0.3 is 0 Å². The fraction of sp³-hybridized carbons (Fsp3) is 0.900. The summed E-state index contributed by atoms with van der Waals surface area (Å²) in [6, 6.07) is 1.84. The molecule has 1 aliphatic rings. The second kappa shape index (κ2) is 4.50. The molecule has 1 aliphatic heterocycles. The van der Waals surface area contributed by atoms with Crippen molar-refractivity contribution in [2.75, 3.05) is 6.54 Å². The summed E-state index contributed by atoms with van der Waals surface area (Å²) in [5.41, 5.74) is 0. The van der Waals surface area contributed by atoms with Gasteiger partial charge in [0.15, 0.2) is 5.25 Å². The largest absolute Gasteiger partial charge is 0.230 e. The Hall–Kier alpha value is -0.600. The van der Waals surface area contributed by atoms with Crippen molar-refractivity contribution in [3.63, 3.8) is 0 Å². The fourth-order valence-corrected chi connectivity index (χ4v) is 3.48. The molecule has 15 heavy (non-hydrogen) atoms. The highest BCUT2D eigenvalue weighted by molar-refractivity contribution is 7.90. The summed E-state index contributed by atoms with van der Waals surface area (Å²) in [5, 5.41) is 7.76. The van der Waals surface area contributed by atoms with E-state index in [-0.39, 0.29) is 6.04 Å². The SMILES string of the molecule is CC1CCC(C)N(S(=O)(=O)C(C)C#N)C1. The van der Waals surface area contributed by atoms with E-state index in [1.807, 2.05) is 19.9 Å². The summed E-state index contributed by atoms with van der Waals surface area (Å²) in [7, 11) is -3.42. The molecule has 1 saturated heterocycles. The van der Waals surface area contributed by atoms with E-state index >= 15 is 0 Å². The third-order valence-electron chi connectivity index (χ3n) is 3.02. The third kappa shape index (κ3) is 2.50.